The lowest BCUT2D eigenvalue weighted by Crippen LogP contribution is -2.30. The van der Waals surface area contributed by atoms with Gasteiger partial charge in [0.1, 0.15) is 5.69 Å². The minimum Gasteiger partial charge on any atom is -0.330 e. The van der Waals surface area contributed by atoms with Crippen LogP contribution in [0.1, 0.15) is 40.6 Å². The highest BCUT2D eigenvalue weighted by atomic mass is 32.1. The van der Waals surface area contributed by atoms with E-state index in [9.17, 15) is 4.79 Å². The Kier molecular flexibility index (Phi) is 4.49. The molecule has 0 radical (unpaired) electrons. The van der Waals surface area contributed by atoms with Gasteiger partial charge in [-0.3, -0.25) is 9.78 Å². The van der Waals surface area contributed by atoms with E-state index in [0.29, 0.717) is 5.69 Å². The van der Waals surface area contributed by atoms with Crippen molar-refractivity contribution in [3.63, 3.8) is 0 Å². The number of carbonyl (C=O) groups is 1. The topological polar surface area (TPSA) is 49.3 Å². The van der Waals surface area contributed by atoms with Gasteiger partial charge in [-0.25, -0.2) is 4.98 Å². The Bertz CT molecular complexity index is 641. The van der Waals surface area contributed by atoms with Crippen LogP contribution in [0.4, 0.5) is 0 Å². The summed E-state index contributed by atoms with van der Waals surface area (Å²) in [6.07, 6.45) is 3.88. The maximum atomic E-state index is 12.6. The Balaban J connectivity index is 1.82. The number of aromatic nitrogens is 2. The molecule has 5 nitrogen and oxygen atoms in total. The van der Waals surface area contributed by atoms with Gasteiger partial charge in [0.05, 0.1) is 17.2 Å². The molecule has 1 aliphatic rings. The second-order valence-corrected chi connectivity index (χ2v) is 6.57. The van der Waals surface area contributed by atoms with Crippen LogP contribution in [0.25, 0.3) is 0 Å². The Labute approximate surface area is 134 Å². The molecule has 0 aliphatic carbocycles. The van der Waals surface area contributed by atoms with Crippen LogP contribution in [0.5, 0.6) is 0 Å². The van der Waals surface area contributed by atoms with Crippen molar-refractivity contribution in [1.29, 1.82) is 0 Å². The summed E-state index contributed by atoms with van der Waals surface area (Å²) in [5.74, 6) is 0.0368. The number of pyridine rings is 1. The summed E-state index contributed by atoms with van der Waals surface area (Å²) in [4.78, 5) is 25.2. The zero-order valence-electron chi connectivity index (χ0n) is 12.9. The quantitative estimate of drug-likeness (QED) is 0.870. The van der Waals surface area contributed by atoms with E-state index >= 15 is 0 Å². The summed E-state index contributed by atoms with van der Waals surface area (Å²) >= 11 is 1.46. The van der Waals surface area contributed by atoms with E-state index in [-0.39, 0.29) is 11.9 Å². The zero-order chi connectivity index (χ0) is 15.5. The van der Waals surface area contributed by atoms with Crippen molar-refractivity contribution < 1.29 is 4.79 Å². The van der Waals surface area contributed by atoms with E-state index in [1.54, 1.807) is 5.51 Å². The molecule has 0 bridgehead atoms. The first-order valence-corrected chi connectivity index (χ1v) is 8.38. The minimum absolute atomic E-state index is 0.0368. The molecule has 1 saturated heterocycles. The standard InChI is InChI=1S/C16H20N4OS/c1-19(2)9-13-8-12(5-6-17-13)15-4-3-7-20(15)16(21)14-10-22-11-18-14/h5-6,8,10-11,15H,3-4,7,9H2,1-2H3/t15-/m0/s1. The SMILES string of the molecule is CN(C)Cc1cc([C@@H]2CCCN2C(=O)c2cscn2)ccn1. The molecule has 0 aromatic carbocycles. The molecule has 6 heteroatoms. The van der Waals surface area contributed by atoms with Crippen LogP contribution in [0, 0.1) is 0 Å². The monoisotopic (exact) mass is 316 g/mol. The Morgan fingerprint density at radius 1 is 1.45 bits per heavy atom. The molecule has 2 aromatic rings. The summed E-state index contributed by atoms with van der Waals surface area (Å²) in [7, 11) is 4.06. The van der Waals surface area contributed by atoms with Gasteiger partial charge in [-0.1, -0.05) is 0 Å². The fourth-order valence-corrected chi connectivity index (χ4v) is 3.46. The number of carbonyl (C=O) groups excluding carboxylic acids is 1. The molecule has 1 aliphatic heterocycles. The molecule has 116 valence electrons. The molecule has 3 rings (SSSR count). The first-order valence-electron chi connectivity index (χ1n) is 7.44. The van der Waals surface area contributed by atoms with Crippen molar-refractivity contribution in [3.05, 3.63) is 46.2 Å². The van der Waals surface area contributed by atoms with Crippen molar-refractivity contribution in [2.45, 2.75) is 25.4 Å². The maximum absolute atomic E-state index is 12.6. The third-order valence-corrected chi connectivity index (χ3v) is 4.46. The Hall–Kier alpha value is -1.79. The van der Waals surface area contributed by atoms with Gasteiger partial charge >= 0.3 is 0 Å². The van der Waals surface area contributed by atoms with Crippen molar-refractivity contribution in [2.75, 3.05) is 20.6 Å². The number of amides is 1. The largest absolute Gasteiger partial charge is 0.330 e. The van der Waals surface area contributed by atoms with Crippen LogP contribution in [0.2, 0.25) is 0 Å². The van der Waals surface area contributed by atoms with Gasteiger partial charge in [-0.15, -0.1) is 11.3 Å². The van der Waals surface area contributed by atoms with Crippen molar-refractivity contribution in [2.24, 2.45) is 0 Å². The van der Waals surface area contributed by atoms with Crippen molar-refractivity contribution >= 4 is 17.2 Å². The summed E-state index contributed by atoms with van der Waals surface area (Å²) in [6.45, 7) is 1.60. The van der Waals surface area contributed by atoms with Gasteiger partial charge in [-0.05, 0) is 44.6 Å². The van der Waals surface area contributed by atoms with Crippen LogP contribution in [0.3, 0.4) is 0 Å². The van der Waals surface area contributed by atoms with Crippen molar-refractivity contribution in [1.82, 2.24) is 19.8 Å². The van der Waals surface area contributed by atoms with Crippen molar-refractivity contribution in [3.8, 4) is 0 Å². The van der Waals surface area contributed by atoms with Crippen LogP contribution in [-0.2, 0) is 6.54 Å². The van der Waals surface area contributed by atoms with E-state index in [4.69, 9.17) is 0 Å². The zero-order valence-corrected chi connectivity index (χ0v) is 13.7. The third kappa shape index (κ3) is 3.18. The lowest BCUT2D eigenvalue weighted by molar-refractivity contribution is 0.0730. The predicted molar refractivity (Wildman–Crippen MR) is 86.8 cm³/mol. The second kappa shape index (κ2) is 6.54. The molecule has 2 aromatic heterocycles. The molecule has 0 unspecified atom stereocenters. The molecule has 3 heterocycles. The van der Waals surface area contributed by atoms with E-state index < -0.39 is 0 Å². The molecule has 1 atom stereocenters. The number of thiazole rings is 1. The van der Waals surface area contributed by atoms with E-state index in [0.717, 1.165) is 31.6 Å². The van der Waals surface area contributed by atoms with Gasteiger partial charge in [0.15, 0.2) is 0 Å². The Morgan fingerprint density at radius 2 is 2.32 bits per heavy atom. The molecule has 1 fully saturated rings. The molecule has 22 heavy (non-hydrogen) atoms. The summed E-state index contributed by atoms with van der Waals surface area (Å²) in [6, 6.07) is 4.28. The molecule has 0 saturated carbocycles. The molecule has 0 spiro atoms. The fraction of sp³-hybridized carbons (Fsp3) is 0.438. The van der Waals surface area contributed by atoms with Gasteiger partial charge in [0.2, 0.25) is 0 Å². The van der Waals surface area contributed by atoms with Gasteiger partial charge < -0.3 is 9.80 Å². The number of rotatable bonds is 4. The fourth-order valence-electron chi connectivity index (χ4n) is 2.94. The van der Waals surface area contributed by atoms with E-state index in [1.165, 1.54) is 16.9 Å². The lowest BCUT2D eigenvalue weighted by Gasteiger charge is -2.24. The first-order chi connectivity index (χ1) is 10.6. The van der Waals surface area contributed by atoms with Crippen LogP contribution < -0.4 is 0 Å². The second-order valence-electron chi connectivity index (χ2n) is 5.85. The third-order valence-electron chi connectivity index (χ3n) is 3.87. The average Bonchev–Trinajstić information content (AvgIpc) is 3.18. The van der Waals surface area contributed by atoms with Crippen LogP contribution >= 0.6 is 11.3 Å². The number of likely N-dealkylation sites (tertiary alicyclic amines) is 1. The van der Waals surface area contributed by atoms with E-state index in [1.807, 2.05) is 36.6 Å². The first kappa shape index (κ1) is 15.1. The smallest absolute Gasteiger partial charge is 0.273 e. The molecule has 1 amide bonds. The summed E-state index contributed by atoms with van der Waals surface area (Å²) < 4.78 is 0. The van der Waals surface area contributed by atoms with Gasteiger partial charge in [0, 0.05) is 24.7 Å². The molecule has 0 N–H and O–H groups in total. The highest BCUT2D eigenvalue weighted by molar-refractivity contribution is 7.07. The highest BCUT2D eigenvalue weighted by Gasteiger charge is 2.31. The molecular weight excluding hydrogens is 296 g/mol. The van der Waals surface area contributed by atoms with Gasteiger partial charge in [0.25, 0.3) is 5.91 Å². The minimum atomic E-state index is 0.0368. The number of hydrogen-bond donors (Lipinski definition) is 0. The van der Waals surface area contributed by atoms with Gasteiger partial charge in [-0.2, -0.15) is 0 Å². The molecular formula is C16H20N4OS. The highest BCUT2D eigenvalue weighted by Crippen LogP contribution is 2.33. The van der Waals surface area contributed by atoms with Crippen LogP contribution in [-0.4, -0.2) is 46.3 Å². The number of hydrogen-bond acceptors (Lipinski definition) is 5. The summed E-state index contributed by atoms with van der Waals surface area (Å²) in [5.41, 5.74) is 4.47. The number of nitrogens with zero attached hydrogens (tertiary/aromatic N) is 4. The normalized spacial score (nSPS) is 18.1. The lowest BCUT2D eigenvalue weighted by atomic mass is 10.0. The maximum Gasteiger partial charge on any atom is 0.273 e. The average molecular weight is 316 g/mol. The van der Waals surface area contributed by atoms with E-state index in [2.05, 4.69) is 20.9 Å². The predicted octanol–water partition coefficient (Wildman–Crippen LogP) is 2.58. The van der Waals surface area contributed by atoms with Crippen LogP contribution in [0.15, 0.2) is 29.2 Å². The summed E-state index contributed by atoms with van der Waals surface area (Å²) in [5, 5.41) is 1.82. The Morgan fingerprint density at radius 3 is 3.05 bits per heavy atom.